The molecule has 86 valence electrons. The third-order valence-corrected chi connectivity index (χ3v) is 4.27. The second-order valence-corrected chi connectivity index (χ2v) is 5.79. The molecule has 1 saturated carbocycles. The van der Waals surface area contributed by atoms with Gasteiger partial charge in [-0.15, -0.1) is 0 Å². The van der Waals surface area contributed by atoms with Crippen molar-refractivity contribution >= 4 is 5.91 Å². The lowest BCUT2D eigenvalue weighted by Crippen LogP contribution is -2.39. The Morgan fingerprint density at radius 1 is 1.47 bits per heavy atom. The van der Waals surface area contributed by atoms with Gasteiger partial charge in [0.25, 0.3) is 0 Å². The smallest absolute Gasteiger partial charge is 0.220 e. The lowest BCUT2D eigenvalue weighted by Gasteiger charge is -2.34. The van der Waals surface area contributed by atoms with E-state index in [-0.39, 0.29) is 5.91 Å². The first-order valence-corrected chi connectivity index (χ1v) is 6.38. The van der Waals surface area contributed by atoms with Crippen molar-refractivity contribution in [3.8, 4) is 0 Å². The summed E-state index contributed by atoms with van der Waals surface area (Å²) in [6, 6.07) is 0.447. The molecule has 2 unspecified atom stereocenters. The van der Waals surface area contributed by atoms with Crippen LogP contribution in [0.15, 0.2) is 0 Å². The van der Waals surface area contributed by atoms with Gasteiger partial charge in [-0.2, -0.15) is 0 Å². The van der Waals surface area contributed by atoms with E-state index in [0.29, 0.717) is 17.4 Å². The summed E-state index contributed by atoms with van der Waals surface area (Å²) in [7, 11) is 0. The van der Waals surface area contributed by atoms with Crippen molar-refractivity contribution in [2.75, 3.05) is 0 Å². The highest BCUT2D eigenvalue weighted by Crippen LogP contribution is 2.55. The molecule has 2 fully saturated rings. The van der Waals surface area contributed by atoms with E-state index in [9.17, 15) is 4.79 Å². The molecular weight excluding hydrogens is 186 g/mol. The SMILES string of the molecule is CCC1(C2CC2)CC(=O)NC1CC(C)C. The average Bonchev–Trinajstić information content (AvgIpc) is 2.92. The average molecular weight is 209 g/mol. The predicted octanol–water partition coefficient (Wildman–Crippen LogP) is 2.73. The van der Waals surface area contributed by atoms with Crippen LogP contribution < -0.4 is 5.32 Å². The molecule has 1 heterocycles. The van der Waals surface area contributed by atoms with Crippen LogP contribution in [0, 0.1) is 17.3 Å². The number of rotatable bonds is 4. The molecule has 15 heavy (non-hydrogen) atoms. The normalized spacial score (nSPS) is 36.0. The highest BCUT2D eigenvalue weighted by Gasteiger charge is 2.53. The fourth-order valence-corrected chi connectivity index (χ4v) is 3.32. The lowest BCUT2D eigenvalue weighted by atomic mass is 9.71. The van der Waals surface area contributed by atoms with Crippen molar-refractivity contribution in [1.82, 2.24) is 5.32 Å². The molecule has 1 amide bonds. The second kappa shape index (κ2) is 3.80. The van der Waals surface area contributed by atoms with Crippen LogP contribution in [-0.4, -0.2) is 11.9 Å². The molecule has 1 aliphatic carbocycles. The van der Waals surface area contributed by atoms with Crippen LogP contribution in [-0.2, 0) is 4.79 Å². The van der Waals surface area contributed by atoms with Crippen molar-refractivity contribution in [1.29, 1.82) is 0 Å². The highest BCUT2D eigenvalue weighted by molar-refractivity contribution is 5.80. The molecule has 0 aromatic carbocycles. The van der Waals surface area contributed by atoms with Crippen molar-refractivity contribution in [2.24, 2.45) is 17.3 Å². The van der Waals surface area contributed by atoms with Crippen LogP contribution in [0.1, 0.15) is 52.9 Å². The van der Waals surface area contributed by atoms with E-state index in [1.54, 1.807) is 0 Å². The second-order valence-electron chi connectivity index (χ2n) is 5.79. The molecule has 1 N–H and O–H groups in total. The van der Waals surface area contributed by atoms with Gasteiger partial charge in [-0.05, 0) is 37.5 Å². The van der Waals surface area contributed by atoms with Crippen molar-refractivity contribution in [3.05, 3.63) is 0 Å². The quantitative estimate of drug-likeness (QED) is 0.758. The number of carbonyl (C=O) groups is 1. The summed E-state index contributed by atoms with van der Waals surface area (Å²) in [6.45, 7) is 6.75. The Morgan fingerprint density at radius 2 is 2.13 bits per heavy atom. The van der Waals surface area contributed by atoms with Gasteiger partial charge >= 0.3 is 0 Å². The molecule has 0 aromatic heterocycles. The number of nitrogens with one attached hydrogen (secondary N) is 1. The van der Waals surface area contributed by atoms with Crippen LogP contribution in [0.5, 0.6) is 0 Å². The minimum Gasteiger partial charge on any atom is -0.353 e. The van der Waals surface area contributed by atoms with E-state index in [2.05, 4.69) is 26.1 Å². The van der Waals surface area contributed by atoms with Gasteiger partial charge < -0.3 is 5.32 Å². The van der Waals surface area contributed by atoms with Gasteiger partial charge in [0.15, 0.2) is 0 Å². The molecule has 1 aliphatic heterocycles. The first kappa shape index (κ1) is 11.0. The first-order valence-electron chi connectivity index (χ1n) is 6.38. The Balaban J connectivity index is 2.14. The zero-order valence-electron chi connectivity index (χ0n) is 10.2. The maximum Gasteiger partial charge on any atom is 0.220 e. The third kappa shape index (κ3) is 1.91. The van der Waals surface area contributed by atoms with E-state index < -0.39 is 0 Å². The Hall–Kier alpha value is -0.530. The summed E-state index contributed by atoms with van der Waals surface area (Å²) >= 11 is 0. The highest BCUT2D eigenvalue weighted by atomic mass is 16.2. The van der Waals surface area contributed by atoms with Crippen molar-refractivity contribution < 1.29 is 4.79 Å². The lowest BCUT2D eigenvalue weighted by molar-refractivity contribution is -0.119. The summed E-state index contributed by atoms with van der Waals surface area (Å²) in [4.78, 5) is 11.6. The van der Waals surface area contributed by atoms with Gasteiger partial charge in [0.05, 0.1) is 0 Å². The predicted molar refractivity (Wildman–Crippen MR) is 61.5 cm³/mol. The minimum absolute atomic E-state index is 0.286. The third-order valence-electron chi connectivity index (χ3n) is 4.27. The van der Waals surface area contributed by atoms with Crippen molar-refractivity contribution in [2.45, 2.75) is 58.9 Å². The topological polar surface area (TPSA) is 29.1 Å². The molecule has 0 radical (unpaired) electrons. The van der Waals surface area contributed by atoms with Crippen LogP contribution in [0.4, 0.5) is 0 Å². The zero-order valence-corrected chi connectivity index (χ0v) is 10.2. The molecule has 0 aromatic rings. The number of hydrogen-bond acceptors (Lipinski definition) is 1. The first-order chi connectivity index (χ1) is 7.08. The van der Waals surface area contributed by atoms with Crippen molar-refractivity contribution in [3.63, 3.8) is 0 Å². The van der Waals surface area contributed by atoms with Gasteiger partial charge in [0, 0.05) is 17.9 Å². The molecule has 2 aliphatic rings. The van der Waals surface area contributed by atoms with E-state index in [1.807, 2.05) is 0 Å². The molecule has 2 heteroatoms. The number of carbonyl (C=O) groups excluding carboxylic acids is 1. The monoisotopic (exact) mass is 209 g/mol. The summed E-state index contributed by atoms with van der Waals surface area (Å²) in [5.41, 5.74) is 0.307. The van der Waals surface area contributed by atoms with E-state index in [4.69, 9.17) is 0 Å². The summed E-state index contributed by atoms with van der Waals surface area (Å²) in [6.07, 6.45) is 5.78. The van der Waals surface area contributed by atoms with Gasteiger partial charge in [0.1, 0.15) is 0 Å². The van der Waals surface area contributed by atoms with E-state index in [1.165, 1.54) is 12.8 Å². The number of hydrogen-bond donors (Lipinski definition) is 1. The van der Waals surface area contributed by atoms with Gasteiger partial charge in [-0.1, -0.05) is 20.8 Å². The zero-order chi connectivity index (χ0) is 11.1. The molecule has 0 bridgehead atoms. The van der Waals surface area contributed by atoms with Crippen LogP contribution >= 0.6 is 0 Å². The molecule has 2 atom stereocenters. The molecule has 1 saturated heterocycles. The standard InChI is InChI=1S/C13H23NO/c1-4-13(10-5-6-10)8-12(15)14-11(13)7-9(2)3/h9-11H,4-8H2,1-3H3,(H,14,15). The van der Waals surface area contributed by atoms with E-state index >= 15 is 0 Å². The van der Waals surface area contributed by atoms with Crippen LogP contribution in [0.2, 0.25) is 0 Å². The van der Waals surface area contributed by atoms with E-state index in [0.717, 1.165) is 25.2 Å². The summed E-state index contributed by atoms with van der Waals surface area (Å²) in [5.74, 6) is 1.79. The summed E-state index contributed by atoms with van der Waals surface area (Å²) < 4.78 is 0. The molecule has 2 nitrogen and oxygen atoms in total. The van der Waals surface area contributed by atoms with Crippen LogP contribution in [0.3, 0.4) is 0 Å². The Kier molecular flexibility index (Phi) is 2.78. The number of amides is 1. The van der Waals surface area contributed by atoms with Gasteiger partial charge in [-0.3, -0.25) is 4.79 Å². The molecule has 0 spiro atoms. The fraction of sp³-hybridized carbons (Fsp3) is 0.923. The fourth-order valence-electron chi connectivity index (χ4n) is 3.32. The van der Waals surface area contributed by atoms with Gasteiger partial charge in [-0.25, -0.2) is 0 Å². The minimum atomic E-state index is 0.286. The maximum absolute atomic E-state index is 11.6. The molecule has 2 rings (SSSR count). The van der Waals surface area contributed by atoms with Crippen LogP contribution in [0.25, 0.3) is 0 Å². The Bertz CT molecular complexity index is 257. The summed E-state index contributed by atoms with van der Waals surface area (Å²) in [5, 5.41) is 3.21. The molecular formula is C13H23NO. The Labute approximate surface area is 92.8 Å². The largest absolute Gasteiger partial charge is 0.353 e. The Morgan fingerprint density at radius 3 is 2.60 bits per heavy atom. The maximum atomic E-state index is 11.6. The van der Waals surface area contributed by atoms with Gasteiger partial charge in [0.2, 0.25) is 5.91 Å².